The van der Waals surface area contributed by atoms with Gasteiger partial charge in [0.25, 0.3) is 5.56 Å². The van der Waals surface area contributed by atoms with Gasteiger partial charge in [-0.3, -0.25) is 14.6 Å². The van der Waals surface area contributed by atoms with Gasteiger partial charge in [-0.25, -0.2) is 13.4 Å². The van der Waals surface area contributed by atoms with E-state index >= 15 is 0 Å². The summed E-state index contributed by atoms with van der Waals surface area (Å²) in [7, 11) is -4.03. The van der Waals surface area contributed by atoms with E-state index in [1.54, 1.807) is 29.0 Å². The minimum Gasteiger partial charge on any atom is -0.307 e. The Kier molecular flexibility index (Phi) is 5.35. The van der Waals surface area contributed by atoms with Crippen molar-refractivity contribution in [2.24, 2.45) is 0 Å². The summed E-state index contributed by atoms with van der Waals surface area (Å²) in [6, 6.07) is 10.9. The minimum atomic E-state index is -4.03. The van der Waals surface area contributed by atoms with Crippen LogP contribution >= 0.6 is 15.9 Å². The van der Waals surface area contributed by atoms with Crippen LogP contribution in [-0.4, -0.2) is 22.4 Å². The van der Waals surface area contributed by atoms with Crippen molar-refractivity contribution in [2.45, 2.75) is 43.0 Å². The van der Waals surface area contributed by atoms with Crippen LogP contribution in [0.2, 0.25) is 0 Å². The van der Waals surface area contributed by atoms with E-state index in [1.165, 1.54) is 22.6 Å². The molecule has 0 aliphatic rings. The molecule has 9 heteroatoms. The molecule has 4 aromatic rings. The molecule has 1 atom stereocenters. The van der Waals surface area contributed by atoms with Crippen LogP contribution in [0.15, 0.2) is 67.7 Å². The molecule has 0 amide bonds. The second-order valence-corrected chi connectivity index (χ2v) is 10.3. The fraction of sp³-hybridized carbons (Fsp3) is 0.227. The van der Waals surface area contributed by atoms with E-state index in [-0.39, 0.29) is 32.3 Å². The average molecular weight is 501 g/mol. The average Bonchev–Trinajstić information content (AvgIpc) is 2.74. The molecule has 0 aliphatic carbocycles. The first kappa shape index (κ1) is 21.5. The molecule has 0 saturated carbocycles. The molecule has 3 aromatic heterocycles. The number of rotatable bonds is 4. The summed E-state index contributed by atoms with van der Waals surface area (Å²) in [6.45, 7) is 5.68. The maximum Gasteiger partial charge on any atom is 0.267 e. The Labute approximate surface area is 187 Å². The van der Waals surface area contributed by atoms with Crippen LogP contribution in [0.1, 0.15) is 31.9 Å². The van der Waals surface area contributed by atoms with Crippen LogP contribution in [0.4, 0.5) is 0 Å². The first-order valence-corrected chi connectivity index (χ1v) is 12.1. The Morgan fingerprint density at radius 3 is 2.48 bits per heavy atom. The van der Waals surface area contributed by atoms with Gasteiger partial charge >= 0.3 is 0 Å². The molecule has 1 unspecified atom stereocenters. The smallest absolute Gasteiger partial charge is 0.267 e. The van der Waals surface area contributed by atoms with E-state index < -0.39 is 9.84 Å². The number of hydrogen-bond acceptors (Lipinski definition) is 5. The predicted molar refractivity (Wildman–Crippen MR) is 122 cm³/mol. The lowest BCUT2D eigenvalue weighted by Crippen LogP contribution is -2.31. The molecule has 4 rings (SSSR count). The van der Waals surface area contributed by atoms with Crippen LogP contribution in [0.25, 0.3) is 16.7 Å². The SMILES string of the molecule is CCC(C)n1c(=N)c(S(=O)(=O)c2ccc(Br)cc2)cc2c(=O)n3cccc(C)c3nc21. The Bertz CT molecular complexity index is 1550. The van der Waals surface area contributed by atoms with E-state index in [0.717, 1.165) is 10.0 Å². The van der Waals surface area contributed by atoms with Crippen molar-refractivity contribution < 1.29 is 8.42 Å². The number of aromatic nitrogens is 3. The number of pyridine rings is 2. The van der Waals surface area contributed by atoms with Crippen LogP contribution in [0.3, 0.4) is 0 Å². The maximum atomic E-state index is 13.4. The number of fused-ring (bicyclic) bond motifs is 2. The van der Waals surface area contributed by atoms with Crippen LogP contribution in [0, 0.1) is 12.3 Å². The highest BCUT2D eigenvalue weighted by molar-refractivity contribution is 9.10. The Morgan fingerprint density at radius 2 is 1.84 bits per heavy atom. The monoisotopic (exact) mass is 500 g/mol. The van der Waals surface area contributed by atoms with E-state index in [1.807, 2.05) is 26.8 Å². The van der Waals surface area contributed by atoms with E-state index in [0.29, 0.717) is 17.7 Å². The molecule has 0 bridgehead atoms. The number of sulfone groups is 1. The van der Waals surface area contributed by atoms with Gasteiger partial charge in [-0.15, -0.1) is 0 Å². The lowest BCUT2D eigenvalue weighted by atomic mass is 10.2. The molecule has 0 spiro atoms. The third-order valence-electron chi connectivity index (χ3n) is 5.49. The quantitative estimate of drug-likeness (QED) is 0.428. The maximum absolute atomic E-state index is 13.4. The van der Waals surface area contributed by atoms with E-state index in [9.17, 15) is 13.2 Å². The number of nitrogens with zero attached hydrogens (tertiary/aromatic N) is 3. The lowest BCUT2D eigenvalue weighted by Gasteiger charge is -2.19. The third kappa shape index (κ3) is 3.41. The van der Waals surface area contributed by atoms with Gasteiger partial charge in [0, 0.05) is 16.7 Å². The van der Waals surface area contributed by atoms with Gasteiger partial charge in [-0.1, -0.05) is 28.9 Å². The van der Waals surface area contributed by atoms with Gasteiger partial charge in [-0.05, 0) is 62.2 Å². The minimum absolute atomic E-state index is 0.0592. The van der Waals surface area contributed by atoms with Gasteiger partial charge in [0.2, 0.25) is 9.84 Å². The summed E-state index contributed by atoms with van der Waals surface area (Å²) >= 11 is 3.31. The Morgan fingerprint density at radius 1 is 1.16 bits per heavy atom. The predicted octanol–water partition coefficient (Wildman–Crippen LogP) is 4.00. The number of aryl methyl sites for hydroxylation is 1. The van der Waals surface area contributed by atoms with Gasteiger partial charge in [0.15, 0.2) is 0 Å². The Balaban J connectivity index is 2.18. The highest BCUT2D eigenvalue weighted by Gasteiger charge is 2.25. The fourth-order valence-electron chi connectivity index (χ4n) is 3.59. The summed E-state index contributed by atoms with van der Waals surface area (Å²) in [5, 5.41) is 8.93. The van der Waals surface area contributed by atoms with Crippen LogP contribution < -0.4 is 11.0 Å². The van der Waals surface area contributed by atoms with E-state index in [4.69, 9.17) is 5.41 Å². The van der Waals surface area contributed by atoms with Crippen molar-refractivity contribution in [1.82, 2.24) is 14.0 Å². The van der Waals surface area contributed by atoms with Crippen molar-refractivity contribution in [2.75, 3.05) is 0 Å². The van der Waals surface area contributed by atoms with Gasteiger partial charge in [0.1, 0.15) is 21.7 Å². The zero-order valence-electron chi connectivity index (χ0n) is 17.3. The first-order valence-electron chi connectivity index (χ1n) is 9.79. The van der Waals surface area contributed by atoms with Gasteiger partial charge < -0.3 is 4.57 Å². The molecule has 3 heterocycles. The van der Waals surface area contributed by atoms with Crippen molar-refractivity contribution >= 4 is 42.4 Å². The largest absolute Gasteiger partial charge is 0.307 e. The molecule has 0 fully saturated rings. The molecular formula is C22H21BrN4O3S. The lowest BCUT2D eigenvalue weighted by molar-refractivity contribution is 0.508. The van der Waals surface area contributed by atoms with Crippen LogP contribution in [0.5, 0.6) is 0 Å². The normalized spacial score (nSPS) is 13.0. The first-order chi connectivity index (χ1) is 14.7. The summed E-state index contributed by atoms with van der Waals surface area (Å²) in [6.07, 6.45) is 2.25. The summed E-state index contributed by atoms with van der Waals surface area (Å²) in [5.41, 5.74) is 1.06. The number of nitrogens with one attached hydrogen (secondary N) is 1. The molecule has 7 nitrogen and oxygen atoms in total. The molecule has 31 heavy (non-hydrogen) atoms. The molecule has 1 N–H and O–H groups in total. The molecule has 160 valence electrons. The van der Waals surface area contributed by atoms with Gasteiger partial charge in [0.05, 0.1) is 10.3 Å². The van der Waals surface area contributed by atoms with Crippen molar-refractivity contribution in [3.05, 3.63) is 74.5 Å². The molecule has 0 aliphatic heterocycles. The number of halogens is 1. The molecule has 0 radical (unpaired) electrons. The number of benzene rings is 1. The fourth-order valence-corrected chi connectivity index (χ4v) is 5.23. The van der Waals surface area contributed by atoms with Crippen molar-refractivity contribution in [3.8, 4) is 0 Å². The highest BCUT2D eigenvalue weighted by atomic mass is 79.9. The topological polar surface area (TPSA) is 97.3 Å². The van der Waals surface area contributed by atoms with Crippen molar-refractivity contribution in [1.29, 1.82) is 5.41 Å². The zero-order valence-corrected chi connectivity index (χ0v) is 19.7. The van der Waals surface area contributed by atoms with Gasteiger partial charge in [-0.2, -0.15) is 0 Å². The highest BCUT2D eigenvalue weighted by Crippen LogP contribution is 2.24. The standard InChI is InChI=1S/C22H21BrN4O3S/c1-4-14(3)27-19(24)18(31(29,30)16-9-7-15(23)8-10-16)12-17-21(27)25-20-13(2)6-5-11-26(20)22(17)28/h5-12,14,24H,4H2,1-3H3. The summed E-state index contributed by atoms with van der Waals surface area (Å²) in [4.78, 5) is 17.8. The summed E-state index contributed by atoms with van der Waals surface area (Å²) in [5.74, 6) is 0. The summed E-state index contributed by atoms with van der Waals surface area (Å²) < 4.78 is 30.6. The number of hydrogen-bond donors (Lipinski definition) is 1. The van der Waals surface area contributed by atoms with Crippen molar-refractivity contribution in [3.63, 3.8) is 0 Å². The third-order valence-corrected chi connectivity index (χ3v) is 7.80. The Hall–Kier alpha value is -2.78. The van der Waals surface area contributed by atoms with Crippen LogP contribution in [-0.2, 0) is 9.84 Å². The zero-order chi connectivity index (χ0) is 22.5. The molecule has 0 saturated heterocycles. The second-order valence-electron chi connectivity index (χ2n) is 7.48. The van der Waals surface area contributed by atoms with E-state index in [2.05, 4.69) is 20.9 Å². The molecular weight excluding hydrogens is 480 g/mol. The second kappa shape index (κ2) is 7.72. The molecule has 1 aromatic carbocycles.